The van der Waals surface area contributed by atoms with Crippen molar-refractivity contribution in [2.45, 2.75) is 33.6 Å². The molecule has 1 heterocycles. The SMILES string of the molecule is CCOC(=O)C(c1nc2ccc(OCC)cc2s1)C(C)C. The van der Waals surface area contributed by atoms with Crippen LogP contribution in [0.15, 0.2) is 18.2 Å². The maximum Gasteiger partial charge on any atom is 0.316 e. The number of benzene rings is 1. The molecular formula is C16H21NO3S. The first-order chi connectivity index (χ1) is 10.1. The van der Waals surface area contributed by atoms with E-state index in [0.29, 0.717) is 13.2 Å². The third-order valence-corrected chi connectivity index (χ3v) is 4.26. The predicted octanol–water partition coefficient (Wildman–Crippen LogP) is 4.00. The quantitative estimate of drug-likeness (QED) is 0.757. The van der Waals surface area contributed by atoms with Crippen molar-refractivity contribution in [3.63, 3.8) is 0 Å². The molecule has 0 fully saturated rings. The maximum absolute atomic E-state index is 12.2. The summed E-state index contributed by atoms with van der Waals surface area (Å²) in [4.78, 5) is 16.8. The van der Waals surface area contributed by atoms with E-state index < -0.39 is 0 Å². The molecule has 0 saturated heterocycles. The zero-order valence-electron chi connectivity index (χ0n) is 12.9. The van der Waals surface area contributed by atoms with E-state index in [1.54, 1.807) is 0 Å². The number of esters is 1. The summed E-state index contributed by atoms with van der Waals surface area (Å²) in [6, 6.07) is 5.81. The first-order valence-electron chi connectivity index (χ1n) is 7.26. The van der Waals surface area contributed by atoms with Crippen molar-refractivity contribution in [3.05, 3.63) is 23.2 Å². The largest absolute Gasteiger partial charge is 0.494 e. The molecule has 1 aromatic carbocycles. The second-order valence-corrected chi connectivity index (χ2v) is 6.15. The molecule has 0 radical (unpaired) electrons. The number of carbonyl (C=O) groups is 1. The summed E-state index contributed by atoms with van der Waals surface area (Å²) in [5, 5.41) is 0.812. The van der Waals surface area contributed by atoms with Gasteiger partial charge in [0.15, 0.2) is 0 Å². The van der Waals surface area contributed by atoms with Gasteiger partial charge in [0.25, 0.3) is 0 Å². The highest BCUT2D eigenvalue weighted by Gasteiger charge is 2.28. The van der Waals surface area contributed by atoms with Crippen LogP contribution in [0.25, 0.3) is 10.2 Å². The van der Waals surface area contributed by atoms with Crippen molar-refractivity contribution in [1.29, 1.82) is 0 Å². The lowest BCUT2D eigenvalue weighted by molar-refractivity contribution is -0.146. The zero-order valence-corrected chi connectivity index (χ0v) is 13.7. The average Bonchev–Trinajstić information content (AvgIpc) is 2.81. The number of thiazole rings is 1. The number of hydrogen-bond acceptors (Lipinski definition) is 5. The topological polar surface area (TPSA) is 48.4 Å². The van der Waals surface area contributed by atoms with Crippen molar-refractivity contribution in [2.75, 3.05) is 13.2 Å². The van der Waals surface area contributed by atoms with Gasteiger partial charge in [-0.25, -0.2) is 4.98 Å². The van der Waals surface area contributed by atoms with Crippen LogP contribution in [0.4, 0.5) is 0 Å². The van der Waals surface area contributed by atoms with Gasteiger partial charge in [0.2, 0.25) is 0 Å². The Morgan fingerprint density at radius 1 is 1.29 bits per heavy atom. The third-order valence-electron chi connectivity index (χ3n) is 3.16. The van der Waals surface area contributed by atoms with Crippen LogP contribution in [0, 0.1) is 5.92 Å². The molecular weight excluding hydrogens is 286 g/mol. The Labute approximate surface area is 129 Å². The molecule has 1 atom stereocenters. The summed E-state index contributed by atoms with van der Waals surface area (Å²) >= 11 is 1.54. The molecule has 0 bridgehead atoms. The Morgan fingerprint density at radius 2 is 2.05 bits per heavy atom. The molecule has 0 aliphatic carbocycles. The van der Waals surface area contributed by atoms with Gasteiger partial charge in [-0.15, -0.1) is 11.3 Å². The molecule has 1 aromatic heterocycles. The van der Waals surface area contributed by atoms with Crippen molar-refractivity contribution >= 4 is 27.5 Å². The van der Waals surface area contributed by atoms with Gasteiger partial charge >= 0.3 is 5.97 Å². The average molecular weight is 307 g/mol. The number of hydrogen-bond donors (Lipinski definition) is 0. The minimum Gasteiger partial charge on any atom is -0.494 e. The van der Waals surface area contributed by atoms with E-state index in [-0.39, 0.29) is 17.8 Å². The number of nitrogens with zero attached hydrogens (tertiary/aromatic N) is 1. The number of ether oxygens (including phenoxy) is 2. The molecule has 0 aliphatic heterocycles. The molecule has 114 valence electrons. The Bertz CT molecular complexity index is 621. The second-order valence-electron chi connectivity index (χ2n) is 5.09. The van der Waals surface area contributed by atoms with Crippen molar-refractivity contribution in [3.8, 4) is 5.75 Å². The second kappa shape index (κ2) is 6.89. The summed E-state index contributed by atoms with van der Waals surface area (Å²) in [5.74, 6) is 0.475. The summed E-state index contributed by atoms with van der Waals surface area (Å²) in [6.07, 6.45) is 0. The summed E-state index contributed by atoms with van der Waals surface area (Å²) in [6.45, 7) is 8.83. The fourth-order valence-corrected chi connectivity index (χ4v) is 3.46. The maximum atomic E-state index is 12.2. The van der Waals surface area contributed by atoms with Crippen molar-refractivity contribution in [2.24, 2.45) is 5.92 Å². The van der Waals surface area contributed by atoms with Crippen LogP contribution in [-0.2, 0) is 9.53 Å². The molecule has 0 spiro atoms. The monoisotopic (exact) mass is 307 g/mol. The molecule has 0 aliphatic rings. The van der Waals surface area contributed by atoms with Crippen LogP contribution in [0.3, 0.4) is 0 Å². The lowest BCUT2D eigenvalue weighted by Gasteiger charge is -2.16. The highest BCUT2D eigenvalue weighted by atomic mass is 32.1. The number of rotatable bonds is 6. The fraction of sp³-hybridized carbons (Fsp3) is 0.500. The van der Waals surface area contributed by atoms with Crippen LogP contribution in [-0.4, -0.2) is 24.2 Å². The summed E-state index contributed by atoms with van der Waals surface area (Å²) < 4.78 is 11.7. The zero-order chi connectivity index (χ0) is 15.4. The molecule has 2 aromatic rings. The van der Waals surface area contributed by atoms with Crippen LogP contribution in [0.5, 0.6) is 5.75 Å². The Kier molecular flexibility index (Phi) is 5.17. The van der Waals surface area contributed by atoms with E-state index in [1.165, 1.54) is 11.3 Å². The minimum absolute atomic E-state index is 0.149. The molecule has 0 saturated carbocycles. The van der Waals surface area contributed by atoms with E-state index in [4.69, 9.17) is 9.47 Å². The van der Waals surface area contributed by atoms with Crippen molar-refractivity contribution in [1.82, 2.24) is 4.98 Å². The van der Waals surface area contributed by atoms with E-state index in [0.717, 1.165) is 21.0 Å². The fourth-order valence-electron chi connectivity index (χ4n) is 2.20. The molecule has 5 heteroatoms. The van der Waals surface area contributed by atoms with Gasteiger partial charge in [-0.2, -0.15) is 0 Å². The normalized spacial score (nSPS) is 12.6. The summed E-state index contributed by atoms with van der Waals surface area (Å²) in [7, 11) is 0. The Hall–Kier alpha value is -1.62. The van der Waals surface area contributed by atoms with Gasteiger partial charge in [0.1, 0.15) is 16.7 Å². The molecule has 21 heavy (non-hydrogen) atoms. The first kappa shape index (κ1) is 15.8. The van der Waals surface area contributed by atoms with Crippen LogP contribution in [0.2, 0.25) is 0 Å². The summed E-state index contributed by atoms with van der Waals surface area (Å²) in [5.41, 5.74) is 0.897. The van der Waals surface area contributed by atoms with E-state index in [2.05, 4.69) is 4.98 Å². The number of fused-ring (bicyclic) bond motifs is 1. The van der Waals surface area contributed by atoms with Gasteiger partial charge in [0.05, 0.1) is 23.4 Å². The first-order valence-corrected chi connectivity index (χ1v) is 8.08. The van der Waals surface area contributed by atoms with Gasteiger partial charge in [-0.1, -0.05) is 13.8 Å². The van der Waals surface area contributed by atoms with Crippen molar-refractivity contribution < 1.29 is 14.3 Å². The lowest BCUT2D eigenvalue weighted by atomic mass is 9.97. The van der Waals surface area contributed by atoms with Crippen LogP contribution in [0.1, 0.15) is 38.6 Å². The Morgan fingerprint density at radius 3 is 2.67 bits per heavy atom. The minimum atomic E-state index is -0.308. The van der Waals surface area contributed by atoms with E-state index in [9.17, 15) is 4.79 Å². The number of aromatic nitrogens is 1. The smallest absolute Gasteiger partial charge is 0.316 e. The third kappa shape index (κ3) is 3.53. The molecule has 0 N–H and O–H groups in total. The predicted molar refractivity (Wildman–Crippen MR) is 85.0 cm³/mol. The van der Waals surface area contributed by atoms with Gasteiger partial charge < -0.3 is 9.47 Å². The van der Waals surface area contributed by atoms with Gasteiger partial charge in [0, 0.05) is 0 Å². The highest BCUT2D eigenvalue weighted by Crippen LogP contribution is 2.34. The number of carbonyl (C=O) groups excluding carboxylic acids is 1. The lowest BCUT2D eigenvalue weighted by Crippen LogP contribution is -2.20. The molecule has 4 nitrogen and oxygen atoms in total. The van der Waals surface area contributed by atoms with Gasteiger partial charge in [-0.05, 0) is 38.0 Å². The van der Waals surface area contributed by atoms with Crippen LogP contribution < -0.4 is 4.74 Å². The standard InChI is InChI=1S/C16H21NO3S/c1-5-19-11-7-8-12-13(9-11)21-15(17-12)14(10(3)4)16(18)20-6-2/h7-10,14H,5-6H2,1-4H3. The van der Waals surface area contributed by atoms with Gasteiger partial charge in [-0.3, -0.25) is 4.79 Å². The van der Waals surface area contributed by atoms with E-state index in [1.807, 2.05) is 45.9 Å². The Balaban J connectivity index is 2.37. The molecule has 1 unspecified atom stereocenters. The molecule has 0 amide bonds. The highest BCUT2D eigenvalue weighted by molar-refractivity contribution is 7.18. The van der Waals surface area contributed by atoms with Crippen LogP contribution >= 0.6 is 11.3 Å². The van der Waals surface area contributed by atoms with E-state index >= 15 is 0 Å². The molecule has 2 rings (SSSR count).